The second-order valence-electron chi connectivity index (χ2n) is 6.64. The summed E-state index contributed by atoms with van der Waals surface area (Å²) in [5.41, 5.74) is 6.55. The van der Waals surface area contributed by atoms with Gasteiger partial charge in [-0.25, -0.2) is 0 Å². The molecule has 1 amide bonds. The van der Waals surface area contributed by atoms with Gasteiger partial charge in [0.25, 0.3) is 5.69 Å². The Kier molecular flexibility index (Phi) is 5.18. The molecule has 3 rings (SSSR count). The summed E-state index contributed by atoms with van der Waals surface area (Å²) in [4.78, 5) is 25.0. The Hall–Kier alpha value is -2.93. The van der Waals surface area contributed by atoms with Gasteiger partial charge in [0.15, 0.2) is 0 Å². The molecule has 1 aliphatic rings. The highest BCUT2D eigenvalue weighted by molar-refractivity contribution is 5.88. The zero-order valence-corrected chi connectivity index (χ0v) is 14.4. The number of hydrogen-bond acceptors (Lipinski definition) is 5. The predicted molar refractivity (Wildman–Crippen MR) is 99.6 cm³/mol. The van der Waals surface area contributed by atoms with Gasteiger partial charge in [0.2, 0.25) is 5.91 Å². The van der Waals surface area contributed by atoms with Crippen molar-refractivity contribution in [1.82, 2.24) is 4.90 Å². The van der Waals surface area contributed by atoms with E-state index in [0.29, 0.717) is 18.5 Å². The quantitative estimate of drug-likeness (QED) is 0.613. The molecule has 0 aliphatic carbocycles. The molecule has 0 saturated carbocycles. The predicted octanol–water partition coefficient (Wildman–Crippen LogP) is 2.53. The van der Waals surface area contributed by atoms with E-state index >= 15 is 0 Å². The number of carbonyl (C=O) groups is 1. The molecular weight excluding hydrogens is 332 g/mol. The number of anilines is 1. The molecule has 2 aromatic carbocycles. The van der Waals surface area contributed by atoms with E-state index in [1.165, 1.54) is 17.7 Å². The van der Waals surface area contributed by atoms with Gasteiger partial charge in [0.05, 0.1) is 4.92 Å². The first-order chi connectivity index (χ1) is 12.5. The number of non-ortho nitro benzene ring substituents is 1. The molecular formula is C19H22N4O3. The van der Waals surface area contributed by atoms with Crippen LogP contribution in [0.1, 0.15) is 18.4 Å². The minimum Gasteiger partial charge on any atom is -0.371 e. The summed E-state index contributed by atoms with van der Waals surface area (Å²) in [6.07, 6.45) is 1.11. The van der Waals surface area contributed by atoms with Crippen LogP contribution in [-0.2, 0) is 11.3 Å². The van der Waals surface area contributed by atoms with Crippen LogP contribution in [0.4, 0.5) is 11.4 Å². The molecule has 0 aromatic heterocycles. The second-order valence-corrected chi connectivity index (χ2v) is 6.64. The maximum Gasteiger partial charge on any atom is 0.271 e. The number of benzene rings is 2. The summed E-state index contributed by atoms with van der Waals surface area (Å²) >= 11 is 0. The number of nitro benzene ring substituents is 1. The number of nitrogens with zero attached hydrogens (tertiary/aromatic N) is 2. The van der Waals surface area contributed by atoms with Gasteiger partial charge >= 0.3 is 0 Å². The van der Waals surface area contributed by atoms with E-state index in [0.717, 1.165) is 19.6 Å². The second kappa shape index (κ2) is 7.53. The number of rotatable bonds is 6. The highest BCUT2D eigenvalue weighted by Crippen LogP contribution is 2.29. The first-order valence-corrected chi connectivity index (χ1v) is 8.57. The fourth-order valence-electron chi connectivity index (χ4n) is 3.34. The van der Waals surface area contributed by atoms with Gasteiger partial charge in [-0.1, -0.05) is 36.4 Å². The lowest BCUT2D eigenvalue weighted by atomic mass is 9.86. The van der Waals surface area contributed by atoms with Crippen LogP contribution >= 0.6 is 0 Å². The van der Waals surface area contributed by atoms with Crippen LogP contribution in [-0.4, -0.2) is 34.4 Å². The highest BCUT2D eigenvalue weighted by atomic mass is 16.6. The zero-order chi connectivity index (χ0) is 18.6. The number of amides is 1. The van der Waals surface area contributed by atoms with Crippen molar-refractivity contribution in [2.75, 3.05) is 18.4 Å². The normalized spacial score (nSPS) is 16.8. The van der Waals surface area contributed by atoms with E-state index in [1.807, 2.05) is 18.2 Å². The summed E-state index contributed by atoms with van der Waals surface area (Å²) in [7, 11) is 0. The van der Waals surface area contributed by atoms with Crippen LogP contribution in [0, 0.1) is 10.1 Å². The lowest BCUT2D eigenvalue weighted by Gasteiger charge is -2.40. The topological polar surface area (TPSA) is 102 Å². The Morgan fingerprint density at radius 3 is 2.46 bits per heavy atom. The molecule has 0 spiro atoms. The number of nitrogens with one attached hydrogen (secondary N) is 1. The number of likely N-dealkylation sites (tertiary alicyclic amines) is 1. The molecule has 7 nitrogen and oxygen atoms in total. The molecule has 7 heteroatoms. The Labute approximate surface area is 152 Å². The van der Waals surface area contributed by atoms with Gasteiger partial charge in [0, 0.05) is 37.5 Å². The average Bonchev–Trinajstić information content (AvgIpc) is 2.64. The molecule has 26 heavy (non-hydrogen) atoms. The van der Waals surface area contributed by atoms with Crippen LogP contribution in [0.3, 0.4) is 0 Å². The van der Waals surface area contributed by atoms with Crippen LogP contribution < -0.4 is 11.1 Å². The molecule has 1 fully saturated rings. The molecule has 2 aromatic rings. The molecule has 136 valence electrons. The minimum absolute atomic E-state index is 0.0175. The molecule has 1 heterocycles. The van der Waals surface area contributed by atoms with E-state index < -0.39 is 16.4 Å². The first-order valence-electron chi connectivity index (χ1n) is 8.57. The molecule has 3 N–H and O–H groups in total. The number of piperidine rings is 1. The molecule has 0 bridgehead atoms. The number of nitro groups is 1. The Balaban J connectivity index is 1.69. The smallest absolute Gasteiger partial charge is 0.271 e. The van der Waals surface area contributed by atoms with Crippen LogP contribution in [0.2, 0.25) is 0 Å². The van der Waals surface area contributed by atoms with E-state index in [9.17, 15) is 14.9 Å². The maximum absolute atomic E-state index is 12.2. The van der Waals surface area contributed by atoms with Crippen LogP contribution in [0.15, 0.2) is 54.6 Å². The van der Waals surface area contributed by atoms with Crippen molar-refractivity contribution in [3.63, 3.8) is 0 Å². The highest BCUT2D eigenvalue weighted by Gasteiger charge is 2.40. The number of primary amides is 1. The van der Waals surface area contributed by atoms with E-state index in [4.69, 9.17) is 5.73 Å². The molecule has 0 radical (unpaired) electrons. The average molecular weight is 354 g/mol. The fourth-order valence-corrected chi connectivity index (χ4v) is 3.34. The monoisotopic (exact) mass is 354 g/mol. The van der Waals surface area contributed by atoms with Crippen LogP contribution in [0.25, 0.3) is 0 Å². The molecule has 1 aliphatic heterocycles. The lowest BCUT2D eigenvalue weighted by molar-refractivity contribution is -0.384. The maximum atomic E-state index is 12.2. The molecule has 0 unspecified atom stereocenters. The number of hydrogen-bond donors (Lipinski definition) is 2. The Bertz CT molecular complexity index is 786. The third kappa shape index (κ3) is 4.00. The SMILES string of the molecule is NC(=O)C1(Nc2cccc([N+](=O)[O-])c2)CCN(Cc2ccccc2)CC1. The van der Waals surface area contributed by atoms with Crippen molar-refractivity contribution < 1.29 is 9.72 Å². The summed E-state index contributed by atoms with van der Waals surface area (Å²) in [5, 5.41) is 14.1. The molecule has 1 saturated heterocycles. The summed E-state index contributed by atoms with van der Waals surface area (Å²) in [5.74, 6) is -0.427. The van der Waals surface area contributed by atoms with Crippen molar-refractivity contribution in [2.24, 2.45) is 5.73 Å². The van der Waals surface area contributed by atoms with E-state index in [-0.39, 0.29) is 5.69 Å². The van der Waals surface area contributed by atoms with Crippen molar-refractivity contribution in [1.29, 1.82) is 0 Å². The molecule has 0 atom stereocenters. The van der Waals surface area contributed by atoms with Gasteiger partial charge < -0.3 is 11.1 Å². The van der Waals surface area contributed by atoms with Gasteiger partial charge in [-0.05, 0) is 24.5 Å². The number of nitrogens with two attached hydrogens (primary N) is 1. The Morgan fingerprint density at radius 1 is 1.15 bits per heavy atom. The van der Waals surface area contributed by atoms with Crippen molar-refractivity contribution in [2.45, 2.75) is 24.9 Å². The van der Waals surface area contributed by atoms with Crippen LogP contribution in [0.5, 0.6) is 0 Å². The van der Waals surface area contributed by atoms with E-state index in [1.54, 1.807) is 12.1 Å². The Morgan fingerprint density at radius 2 is 1.85 bits per heavy atom. The minimum atomic E-state index is -0.886. The third-order valence-corrected chi connectivity index (χ3v) is 4.87. The van der Waals surface area contributed by atoms with Gasteiger partial charge in [-0.3, -0.25) is 19.8 Å². The summed E-state index contributed by atoms with van der Waals surface area (Å²) in [6, 6.07) is 16.3. The largest absolute Gasteiger partial charge is 0.371 e. The van der Waals surface area contributed by atoms with Crippen molar-refractivity contribution >= 4 is 17.3 Å². The lowest BCUT2D eigenvalue weighted by Crippen LogP contribution is -2.56. The zero-order valence-electron chi connectivity index (χ0n) is 14.4. The summed E-state index contributed by atoms with van der Waals surface area (Å²) in [6.45, 7) is 2.27. The first kappa shape index (κ1) is 17.9. The summed E-state index contributed by atoms with van der Waals surface area (Å²) < 4.78 is 0. The van der Waals surface area contributed by atoms with Gasteiger partial charge in [-0.15, -0.1) is 0 Å². The van der Waals surface area contributed by atoms with Gasteiger partial charge in [-0.2, -0.15) is 0 Å². The van der Waals surface area contributed by atoms with E-state index in [2.05, 4.69) is 22.3 Å². The van der Waals surface area contributed by atoms with Crippen molar-refractivity contribution in [3.8, 4) is 0 Å². The van der Waals surface area contributed by atoms with Gasteiger partial charge in [0.1, 0.15) is 5.54 Å². The third-order valence-electron chi connectivity index (χ3n) is 4.87. The number of carbonyl (C=O) groups excluding carboxylic acids is 1. The standard InChI is InChI=1S/C19H22N4O3/c20-18(24)19(21-16-7-4-8-17(13-16)23(25)26)9-11-22(12-10-19)14-15-5-2-1-3-6-15/h1-8,13,21H,9-12,14H2,(H2,20,24). The van der Waals surface area contributed by atoms with Crippen molar-refractivity contribution in [3.05, 3.63) is 70.3 Å². The fraction of sp³-hybridized carbons (Fsp3) is 0.316.